The van der Waals surface area contributed by atoms with Crippen molar-refractivity contribution in [2.75, 3.05) is 6.61 Å². The smallest absolute Gasteiger partial charge is 0.407 e. The lowest BCUT2D eigenvalue weighted by molar-refractivity contribution is 0.0471. The molecule has 1 amide bonds. The molecular weight excluding hydrogens is 326 g/mol. The Kier molecular flexibility index (Phi) is 5.33. The summed E-state index contributed by atoms with van der Waals surface area (Å²) in [6.45, 7) is 6.24. The lowest BCUT2D eigenvalue weighted by Crippen LogP contribution is -2.49. The molecule has 2 aromatic carbocycles. The Bertz CT molecular complexity index is 718. The first-order valence-electron chi connectivity index (χ1n) is 9.08. The van der Waals surface area contributed by atoms with Gasteiger partial charge in [0.2, 0.25) is 0 Å². The van der Waals surface area contributed by atoms with Crippen LogP contribution in [0.25, 0.3) is 0 Å². The van der Waals surface area contributed by atoms with E-state index in [1.54, 1.807) is 0 Å². The summed E-state index contributed by atoms with van der Waals surface area (Å²) in [4.78, 5) is 12.4. The van der Waals surface area contributed by atoms with Crippen LogP contribution in [0, 0.1) is 0 Å². The molecule has 0 aliphatic carbocycles. The lowest BCUT2D eigenvalue weighted by Gasteiger charge is -2.28. The van der Waals surface area contributed by atoms with Crippen molar-refractivity contribution in [2.45, 2.75) is 50.9 Å². The van der Waals surface area contributed by atoms with Gasteiger partial charge in [0.1, 0.15) is 11.2 Å². The molecular formula is C22H27NO3. The fourth-order valence-corrected chi connectivity index (χ4v) is 3.13. The minimum absolute atomic E-state index is 0.153. The van der Waals surface area contributed by atoms with E-state index in [-0.39, 0.29) is 11.6 Å². The number of carbonyl (C=O) groups is 1. The first-order valence-corrected chi connectivity index (χ1v) is 9.08. The number of hydrogen-bond donors (Lipinski definition) is 1. The minimum Gasteiger partial charge on any atom is -0.444 e. The highest BCUT2D eigenvalue weighted by molar-refractivity contribution is 5.68. The maximum atomic E-state index is 12.4. The second-order valence-corrected chi connectivity index (χ2v) is 7.90. The first kappa shape index (κ1) is 18.5. The van der Waals surface area contributed by atoms with Gasteiger partial charge in [-0.15, -0.1) is 0 Å². The first-order chi connectivity index (χ1) is 12.4. The standard InChI is InChI=1S/C22H27NO3/c1-21(2,3)26-20(24)23-19(14-17-10-6-4-7-11-17)22(16-25-22)15-18-12-8-5-9-13-18/h4-13,19H,14-16H2,1-3H3,(H,23,24)/t19-,22+/m0/s1. The average molecular weight is 353 g/mol. The molecule has 0 saturated carbocycles. The summed E-state index contributed by atoms with van der Waals surface area (Å²) in [5.41, 5.74) is 1.46. The number of epoxide rings is 1. The maximum Gasteiger partial charge on any atom is 0.407 e. The van der Waals surface area contributed by atoms with E-state index in [1.807, 2.05) is 57.2 Å². The van der Waals surface area contributed by atoms with Gasteiger partial charge in [0.25, 0.3) is 0 Å². The molecule has 1 aliphatic heterocycles. The third kappa shape index (κ3) is 5.09. The zero-order chi connectivity index (χ0) is 18.6. The summed E-state index contributed by atoms with van der Waals surface area (Å²) in [6.07, 6.45) is 1.06. The SMILES string of the molecule is CC(C)(C)OC(=O)N[C@@H](Cc1ccccc1)[C@@]1(Cc2ccccc2)CO1. The van der Waals surface area contributed by atoms with Gasteiger partial charge < -0.3 is 14.8 Å². The van der Waals surface area contributed by atoms with Crippen molar-refractivity contribution >= 4 is 6.09 Å². The highest BCUT2D eigenvalue weighted by Crippen LogP contribution is 2.36. The van der Waals surface area contributed by atoms with Gasteiger partial charge in [0.15, 0.2) is 0 Å². The van der Waals surface area contributed by atoms with Crippen molar-refractivity contribution in [3.63, 3.8) is 0 Å². The number of nitrogens with one attached hydrogen (secondary N) is 1. The van der Waals surface area contributed by atoms with Crippen molar-refractivity contribution in [1.29, 1.82) is 0 Å². The summed E-state index contributed by atoms with van der Waals surface area (Å²) >= 11 is 0. The van der Waals surface area contributed by atoms with E-state index >= 15 is 0 Å². The van der Waals surface area contributed by atoms with Crippen molar-refractivity contribution < 1.29 is 14.3 Å². The summed E-state index contributed by atoms with van der Waals surface area (Å²) in [7, 11) is 0. The minimum atomic E-state index is -0.529. The predicted molar refractivity (Wildman–Crippen MR) is 102 cm³/mol. The van der Waals surface area contributed by atoms with Gasteiger partial charge in [-0.3, -0.25) is 0 Å². The maximum absolute atomic E-state index is 12.4. The molecule has 2 aromatic rings. The molecule has 0 unspecified atom stereocenters. The number of hydrogen-bond acceptors (Lipinski definition) is 3. The topological polar surface area (TPSA) is 50.9 Å². The van der Waals surface area contributed by atoms with Crippen LogP contribution in [-0.4, -0.2) is 29.9 Å². The third-order valence-electron chi connectivity index (χ3n) is 4.47. The third-order valence-corrected chi connectivity index (χ3v) is 4.47. The number of benzene rings is 2. The van der Waals surface area contributed by atoms with Crippen LogP contribution < -0.4 is 5.32 Å². The van der Waals surface area contributed by atoms with Crippen molar-refractivity contribution in [2.24, 2.45) is 0 Å². The zero-order valence-electron chi connectivity index (χ0n) is 15.7. The van der Waals surface area contributed by atoms with Gasteiger partial charge in [0.05, 0.1) is 12.6 Å². The Morgan fingerprint density at radius 2 is 1.62 bits per heavy atom. The van der Waals surface area contributed by atoms with E-state index < -0.39 is 11.7 Å². The molecule has 0 spiro atoms. The van der Waals surface area contributed by atoms with Crippen LogP contribution in [0.3, 0.4) is 0 Å². The molecule has 0 bridgehead atoms. The van der Waals surface area contributed by atoms with Gasteiger partial charge >= 0.3 is 6.09 Å². The number of amides is 1. The van der Waals surface area contributed by atoms with Gasteiger partial charge in [0, 0.05) is 6.42 Å². The largest absolute Gasteiger partial charge is 0.444 e. The molecule has 138 valence electrons. The number of ether oxygens (including phenoxy) is 2. The van der Waals surface area contributed by atoms with Crippen LogP contribution in [-0.2, 0) is 22.3 Å². The molecule has 1 heterocycles. The quantitative estimate of drug-likeness (QED) is 0.794. The van der Waals surface area contributed by atoms with E-state index in [1.165, 1.54) is 5.56 Å². The number of alkyl carbamates (subject to hydrolysis) is 1. The molecule has 4 nitrogen and oxygen atoms in total. The normalized spacial score (nSPS) is 20.3. The van der Waals surface area contributed by atoms with Crippen LogP contribution in [0.5, 0.6) is 0 Å². The van der Waals surface area contributed by atoms with Gasteiger partial charge in [-0.2, -0.15) is 0 Å². The summed E-state index contributed by atoms with van der Waals surface area (Å²) < 4.78 is 11.4. The summed E-state index contributed by atoms with van der Waals surface area (Å²) in [5, 5.41) is 3.06. The Labute approximate surface area is 155 Å². The van der Waals surface area contributed by atoms with E-state index in [0.717, 1.165) is 12.0 Å². The molecule has 4 heteroatoms. The molecule has 2 atom stereocenters. The van der Waals surface area contributed by atoms with Crippen LogP contribution in [0.4, 0.5) is 4.79 Å². The van der Waals surface area contributed by atoms with Gasteiger partial charge in [-0.1, -0.05) is 60.7 Å². The zero-order valence-corrected chi connectivity index (χ0v) is 15.7. The molecule has 3 rings (SSSR count). The lowest BCUT2D eigenvalue weighted by atomic mass is 9.88. The van der Waals surface area contributed by atoms with Gasteiger partial charge in [-0.25, -0.2) is 4.79 Å². The molecule has 1 saturated heterocycles. The molecule has 1 N–H and O–H groups in total. The summed E-state index contributed by atoms with van der Waals surface area (Å²) in [6, 6.07) is 20.3. The Morgan fingerprint density at radius 1 is 1.08 bits per heavy atom. The number of carbonyl (C=O) groups excluding carboxylic acids is 1. The van der Waals surface area contributed by atoms with Crippen LogP contribution in [0.15, 0.2) is 60.7 Å². The van der Waals surface area contributed by atoms with Crippen molar-refractivity contribution in [3.05, 3.63) is 71.8 Å². The second-order valence-electron chi connectivity index (χ2n) is 7.90. The highest BCUT2D eigenvalue weighted by atomic mass is 16.6. The fourth-order valence-electron chi connectivity index (χ4n) is 3.13. The van der Waals surface area contributed by atoms with Crippen molar-refractivity contribution in [3.8, 4) is 0 Å². The average Bonchev–Trinajstić information content (AvgIpc) is 3.35. The van der Waals surface area contributed by atoms with Crippen molar-refractivity contribution in [1.82, 2.24) is 5.32 Å². The fraction of sp³-hybridized carbons (Fsp3) is 0.409. The molecule has 26 heavy (non-hydrogen) atoms. The molecule has 0 aromatic heterocycles. The second kappa shape index (κ2) is 7.50. The predicted octanol–water partition coefficient (Wildman–Crippen LogP) is 4.13. The van der Waals surface area contributed by atoms with E-state index in [0.29, 0.717) is 13.0 Å². The number of rotatable bonds is 6. The molecule has 1 aliphatic rings. The van der Waals surface area contributed by atoms with E-state index in [9.17, 15) is 4.79 Å². The summed E-state index contributed by atoms with van der Waals surface area (Å²) in [5.74, 6) is 0. The Morgan fingerprint density at radius 3 is 2.12 bits per heavy atom. The van der Waals surface area contributed by atoms with Crippen LogP contribution >= 0.6 is 0 Å². The van der Waals surface area contributed by atoms with Crippen LogP contribution in [0.1, 0.15) is 31.9 Å². The van der Waals surface area contributed by atoms with Gasteiger partial charge in [-0.05, 0) is 38.3 Å². The molecule has 0 radical (unpaired) electrons. The Balaban J connectivity index is 1.77. The Hall–Kier alpha value is -2.33. The molecule has 1 fully saturated rings. The van der Waals surface area contributed by atoms with Crippen LogP contribution in [0.2, 0.25) is 0 Å². The van der Waals surface area contributed by atoms with E-state index in [4.69, 9.17) is 9.47 Å². The monoisotopic (exact) mass is 353 g/mol. The van der Waals surface area contributed by atoms with E-state index in [2.05, 4.69) is 29.6 Å². The highest BCUT2D eigenvalue weighted by Gasteiger charge is 2.52.